The molecule has 0 saturated heterocycles. The van der Waals surface area contributed by atoms with Crippen molar-refractivity contribution in [2.24, 2.45) is 11.8 Å². The molecule has 2 unspecified atom stereocenters. The third kappa shape index (κ3) is 2.06. The van der Waals surface area contributed by atoms with Gasteiger partial charge in [-0.3, -0.25) is 4.68 Å². The number of nitrogens with zero attached hydrogens (tertiary/aromatic N) is 2. The van der Waals surface area contributed by atoms with Gasteiger partial charge in [-0.2, -0.15) is 18.3 Å². The van der Waals surface area contributed by atoms with Crippen molar-refractivity contribution in [2.45, 2.75) is 50.9 Å². The van der Waals surface area contributed by atoms with E-state index in [9.17, 15) is 18.3 Å². The van der Waals surface area contributed by atoms with Crippen molar-refractivity contribution < 1.29 is 18.3 Å². The van der Waals surface area contributed by atoms with Gasteiger partial charge in [0.2, 0.25) is 0 Å². The van der Waals surface area contributed by atoms with Gasteiger partial charge in [0.05, 0.1) is 6.10 Å². The second kappa shape index (κ2) is 3.98. The summed E-state index contributed by atoms with van der Waals surface area (Å²) in [6.07, 6.45) is -3.25. The Morgan fingerprint density at radius 3 is 2.37 bits per heavy atom. The summed E-state index contributed by atoms with van der Waals surface area (Å²) in [5, 5.41) is 13.2. The first-order valence-electron chi connectivity index (χ1n) is 6.63. The minimum Gasteiger partial charge on any atom is -0.393 e. The molecule has 2 aliphatic carbocycles. The quantitative estimate of drug-likeness (QED) is 0.900. The molecule has 1 N–H and O–H groups in total. The maximum Gasteiger partial charge on any atom is 0.435 e. The molecule has 1 aromatic rings. The monoisotopic (exact) mass is 274 g/mol. The maximum absolute atomic E-state index is 12.8. The first-order valence-corrected chi connectivity index (χ1v) is 6.63. The maximum atomic E-state index is 12.8. The summed E-state index contributed by atoms with van der Waals surface area (Å²) in [5.41, 5.74) is -0.119. The zero-order valence-electron chi connectivity index (χ0n) is 10.9. The van der Waals surface area contributed by atoms with E-state index in [1.165, 1.54) is 10.7 Å². The standard InChI is InChI=1S/C13H17F3N2O/c1-6(2)18-10(5-11(17-18)13(14,15)16)12-8-3-7(19)4-9(8)12/h5-9,12,19H,3-4H2,1-2H3. The van der Waals surface area contributed by atoms with Gasteiger partial charge in [-0.15, -0.1) is 0 Å². The first-order chi connectivity index (χ1) is 8.79. The minimum absolute atomic E-state index is 0.0858. The van der Waals surface area contributed by atoms with Crippen LogP contribution < -0.4 is 0 Å². The number of aromatic nitrogens is 2. The van der Waals surface area contributed by atoms with E-state index in [4.69, 9.17) is 0 Å². The molecule has 2 saturated carbocycles. The number of rotatable bonds is 2. The summed E-state index contributed by atoms with van der Waals surface area (Å²) in [5.74, 6) is 0.824. The molecular weight excluding hydrogens is 257 g/mol. The van der Waals surface area contributed by atoms with Gasteiger partial charge < -0.3 is 5.11 Å². The molecule has 3 nitrogen and oxygen atoms in total. The van der Waals surface area contributed by atoms with Crippen LogP contribution in [0.3, 0.4) is 0 Å². The molecule has 106 valence electrons. The Kier molecular flexibility index (Phi) is 2.71. The second-order valence-corrected chi connectivity index (χ2v) is 5.97. The molecule has 2 atom stereocenters. The highest BCUT2D eigenvalue weighted by Crippen LogP contribution is 2.63. The van der Waals surface area contributed by atoms with Crippen molar-refractivity contribution in [3.05, 3.63) is 17.5 Å². The van der Waals surface area contributed by atoms with Crippen LogP contribution in [-0.2, 0) is 6.18 Å². The average Bonchev–Trinajstić information content (AvgIpc) is 2.69. The first kappa shape index (κ1) is 13.0. The molecule has 0 bridgehead atoms. The number of hydrogen-bond donors (Lipinski definition) is 1. The summed E-state index contributed by atoms with van der Waals surface area (Å²) >= 11 is 0. The van der Waals surface area contributed by atoms with Gasteiger partial charge in [0, 0.05) is 17.7 Å². The van der Waals surface area contributed by atoms with Crippen molar-refractivity contribution >= 4 is 0 Å². The molecule has 0 aromatic carbocycles. The molecule has 0 radical (unpaired) electrons. The summed E-state index contributed by atoms with van der Waals surface area (Å²) < 4.78 is 39.8. The fourth-order valence-corrected chi connectivity index (χ4v) is 3.46. The van der Waals surface area contributed by atoms with Gasteiger partial charge in [-0.25, -0.2) is 0 Å². The van der Waals surface area contributed by atoms with Crippen LogP contribution in [0.4, 0.5) is 13.2 Å². The molecule has 0 aliphatic heterocycles. The Hall–Kier alpha value is -1.04. The third-order valence-corrected chi connectivity index (χ3v) is 4.31. The summed E-state index contributed by atoms with van der Waals surface area (Å²) in [6, 6.07) is 1.10. The Morgan fingerprint density at radius 2 is 1.89 bits per heavy atom. The Balaban J connectivity index is 1.91. The van der Waals surface area contributed by atoms with Crippen LogP contribution in [0.5, 0.6) is 0 Å². The van der Waals surface area contributed by atoms with Crippen LogP contribution in [0, 0.1) is 11.8 Å². The average molecular weight is 274 g/mol. The van der Waals surface area contributed by atoms with E-state index in [0.717, 1.165) is 0 Å². The van der Waals surface area contributed by atoms with Crippen molar-refractivity contribution in [3.63, 3.8) is 0 Å². The minimum atomic E-state index is -4.39. The lowest BCUT2D eigenvalue weighted by molar-refractivity contribution is -0.141. The van der Waals surface area contributed by atoms with Gasteiger partial charge in [-0.05, 0) is 44.6 Å². The van der Waals surface area contributed by atoms with E-state index >= 15 is 0 Å². The zero-order valence-corrected chi connectivity index (χ0v) is 10.9. The molecule has 0 spiro atoms. The van der Waals surface area contributed by atoms with Crippen molar-refractivity contribution in [2.75, 3.05) is 0 Å². The van der Waals surface area contributed by atoms with Crippen LogP contribution in [0.15, 0.2) is 6.07 Å². The third-order valence-electron chi connectivity index (χ3n) is 4.31. The van der Waals surface area contributed by atoms with Crippen LogP contribution in [0.2, 0.25) is 0 Å². The SMILES string of the molecule is CC(C)n1nc(C(F)(F)F)cc1C1C2CC(O)CC21. The van der Waals surface area contributed by atoms with Gasteiger partial charge in [0.25, 0.3) is 0 Å². The van der Waals surface area contributed by atoms with E-state index in [-0.39, 0.29) is 18.1 Å². The molecule has 6 heteroatoms. The van der Waals surface area contributed by atoms with Crippen molar-refractivity contribution in [3.8, 4) is 0 Å². The van der Waals surface area contributed by atoms with Gasteiger partial charge in [0.15, 0.2) is 5.69 Å². The number of halogens is 3. The molecule has 2 aliphatic rings. The van der Waals surface area contributed by atoms with E-state index in [1.807, 2.05) is 13.8 Å². The number of aliphatic hydroxyl groups excluding tert-OH is 1. The number of alkyl halides is 3. The van der Waals surface area contributed by atoms with Crippen LogP contribution in [0.25, 0.3) is 0 Å². The fraction of sp³-hybridized carbons (Fsp3) is 0.769. The van der Waals surface area contributed by atoms with Crippen LogP contribution in [-0.4, -0.2) is 21.0 Å². The lowest BCUT2D eigenvalue weighted by Crippen LogP contribution is -2.12. The largest absolute Gasteiger partial charge is 0.435 e. The highest BCUT2D eigenvalue weighted by molar-refractivity contribution is 5.28. The number of hydrogen-bond acceptors (Lipinski definition) is 2. The van der Waals surface area contributed by atoms with Crippen molar-refractivity contribution in [1.29, 1.82) is 0 Å². The lowest BCUT2D eigenvalue weighted by Gasteiger charge is -2.13. The normalized spacial score (nSPS) is 33.8. The molecule has 1 heterocycles. The highest BCUT2D eigenvalue weighted by Gasteiger charge is 2.58. The molecule has 2 fully saturated rings. The van der Waals surface area contributed by atoms with Gasteiger partial charge in [0.1, 0.15) is 0 Å². The molecular formula is C13H17F3N2O. The van der Waals surface area contributed by atoms with Gasteiger partial charge in [-0.1, -0.05) is 0 Å². The molecule has 1 aromatic heterocycles. The summed E-state index contributed by atoms with van der Waals surface area (Å²) in [7, 11) is 0. The predicted molar refractivity (Wildman–Crippen MR) is 62.6 cm³/mol. The smallest absolute Gasteiger partial charge is 0.393 e. The van der Waals surface area contributed by atoms with E-state index < -0.39 is 11.9 Å². The van der Waals surface area contributed by atoms with E-state index in [1.54, 1.807) is 0 Å². The Labute approximate surface area is 109 Å². The molecule has 19 heavy (non-hydrogen) atoms. The second-order valence-electron chi connectivity index (χ2n) is 5.97. The van der Waals surface area contributed by atoms with E-state index in [2.05, 4.69) is 5.10 Å². The molecule has 3 rings (SSSR count). The molecule has 0 amide bonds. The van der Waals surface area contributed by atoms with Crippen molar-refractivity contribution in [1.82, 2.24) is 9.78 Å². The predicted octanol–water partition coefficient (Wildman–Crippen LogP) is 2.97. The number of fused-ring (bicyclic) bond motifs is 1. The van der Waals surface area contributed by atoms with E-state index in [0.29, 0.717) is 30.4 Å². The number of aliphatic hydroxyl groups is 1. The topological polar surface area (TPSA) is 38.0 Å². The summed E-state index contributed by atoms with van der Waals surface area (Å²) in [6.45, 7) is 3.67. The Bertz CT molecular complexity index is 483. The highest BCUT2D eigenvalue weighted by atomic mass is 19.4. The lowest BCUT2D eigenvalue weighted by atomic mass is 10.1. The zero-order chi connectivity index (χ0) is 13.9. The summed E-state index contributed by atoms with van der Waals surface area (Å²) in [4.78, 5) is 0. The Morgan fingerprint density at radius 1 is 1.32 bits per heavy atom. The van der Waals surface area contributed by atoms with Crippen LogP contribution in [0.1, 0.15) is 50.0 Å². The fourth-order valence-electron chi connectivity index (χ4n) is 3.46. The van der Waals surface area contributed by atoms with Crippen LogP contribution >= 0.6 is 0 Å². The van der Waals surface area contributed by atoms with Gasteiger partial charge >= 0.3 is 6.18 Å².